The number of halogens is 1. The molecule has 1 aliphatic heterocycles. The number of nitrogens with zero attached hydrogens (tertiary/aromatic N) is 3. The second kappa shape index (κ2) is 7.07. The van der Waals surface area contributed by atoms with Crippen LogP contribution in [0, 0.1) is 0 Å². The maximum absolute atomic E-state index is 12.3. The first-order chi connectivity index (χ1) is 7.43. The molecule has 0 spiro atoms. The van der Waals surface area contributed by atoms with E-state index in [0.717, 1.165) is 26.2 Å². The van der Waals surface area contributed by atoms with Gasteiger partial charge in [-0.15, -0.1) is 12.4 Å². The minimum Gasteiger partial charge on any atom is -0.322 e. The van der Waals surface area contributed by atoms with Crippen LogP contribution in [0.1, 0.15) is 27.7 Å². The fraction of sp³-hybridized carbons (Fsp3) is 0.917. The second-order valence-electron chi connectivity index (χ2n) is 5.17. The van der Waals surface area contributed by atoms with Crippen molar-refractivity contribution in [1.29, 1.82) is 0 Å². The molecule has 0 unspecified atom stereocenters. The van der Waals surface area contributed by atoms with Crippen LogP contribution in [0.5, 0.6) is 0 Å². The van der Waals surface area contributed by atoms with E-state index in [1.807, 2.05) is 9.80 Å². The van der Waals surface area contributed by atoms with Crippen LogP contribution < -0.4 is 0 Å². The van der Waals surface area contributed by atoms with Crippen molar-refractivity contribution in [1.82, 2.24) is 14.7 Å². The van der Waals surface area contributed by atoms with Crippen LogP contribution in [0.4, 0.5) is 4.79 Å². The predicted molar refractivity (Wildman–Crippen MR) is 73.8 cm³/mol. The Labute approximate surface area is 111 Å². The smallest absolute Gasteiger partial charge is 0.320 e. The standard InChI is InChI=1S/C12H25N3O.ClH/c1-10(2)15(11(3)4)12(16)14-8-6-13(5)7-9-14;/h10-11H,6-9H2,1-5H3;1H. The minimum atomic E-state index is 0. The zero-order valence-corrected chi connectivity index (χ0v) is 12.5. The summed E-state index contributed by atoms with van der Waals surface area (Å²) in [7, 11) is 2.10. The molecule has 4 nitrogen and oxygen atoms in total. The molecule has 17 heavy (non-hydrogen) atoms. The van der Waals surface area contributed by atoms with Gasteiger partial charge in [0.1, 0.15) is 0 Å². The van der Waals surface area contributed by atoms with Gasteiger partial charge in [0.15, 0.2) is 0 Å². The SMILES string of the molecule is CC(C)N(C(=O)N1CCN(C)CC1)C(C)C.Cl. The number of hydrogen-bond acceptors (Lipinski definition) is 2. The molecule has 5 heteroatoms. The Kier molecular flexibility index (Phi) is 6.87. The molecule has 1 rings (SSSR count). The highest BCUT2D eigenvalue weighted by Crippen LogP contribution is 2.11. The van der Waals surface area contributed by atoms with Gasteiger partial charge in [-0.25, -0.2) is 4.79 Å². The van der Waals surface area contributed by atoms with Crippen molar-refractivity contribution in [2.45, 2.75) is 39.8 Å². The number of carbonyl (C=O) groups is 1. The molecule has 0 aromatic carbocycles. The topological polar surface area (TPSA) is 26.8 Å². The zero-order valence-electron chi connectivity index (χ0n) is 11.6. The van der Waals surface area contributed by atoms with E-state index in [1.54, 1.807) is 0 Å². The predicted octanol–water partition coefficient (Wildman–Crippen LogP) is 1.89. The summed E-state index contributed by atoms with van der Waals surface area (Å²) in [6.45, 7) is 12.0. The quantitative estimate of drug-likeness (QED) is 0.761. The van der Waals surface area contributed by atoms with E-state index >= 15 is 0 Å². The first-order valence-corrected chi connectivity index (χ1v) is 6.19. The van der Waals surface area contributed by atoms with E-state index < -0.39 is 0 Å². The highest BCUT2D eigenvalue weighted by atomic mass is 35.5. The molecule has 2 amide bonds. The summed E-state index contributed by atoms with van der Waals surface area (Å²) >= 11 is 0. The molecule has 0 radical (unpaired) electrons. The number of hydrogen-bond donors (Lipinski definition) is 0. The van der Waals surface area contributed by atoms with Crippen molar-refractivity contribution < 1.29 is 4.79 Å². The van der Waals surface area contributed by atoms with Crippen LogP contribution >= 0.6 is 12.4 Å². The fourth-order valence-corrected chi connectivity index (χ4v) is 2.20. The first-order valence-electron chi connectivity index (χ1n) is 6.19. The summed E-state index contributed by atoms with van der Waals surface area (Å²) in [6, 6.07) is 0.734. The Hall–Kier alpha value is -0.480. The normalized spacial score (nSPS) is 17.2. The van der Waals surface area contributed by atoms with Crippen molar-refractivity contribution >= 4 is 18.4 Å². The van der Waals surface area contributed by atoms with Crippen LogP contribution in [0.25, 0.3) is 0 Å². The van der Waals surface area contributed by atoms with Gasteiger partial charge >= 0.3 is 6.03 Å². The van der Waals surface area contributed by atoms with Crippen molar-refractivity contribution in [3.8, 4) is 0 Å². The Morgan fingerprint density at radius 2 is 1.41 bits per heavy atom. The Balaban J connectivity index is 0.00000256. The van der Waals surface area contributed by atoms with E-state index in [1.165, 1.54) is 0 Å². The third-order valence-corrected chi connectivity index (χ3v) is 3.11. The molecule has 102 valence electrons. The van der Waals surface area contributed by atoms with Gasteiger partial charge in [0, 0.05) is 38.3 Å². The number of piperazine rings is 1. The average Bonchev–Trinajstić information content (AvgIpc) is 2.17. The minimum absolute atomic E-state index is 0. The lowest BCUT2D eigenvalue weighted by Crippen LogP contribution is -2.55. The molecule has 1 aliphatic rings. The number of rotatable bonds is 2. The number of carbonyl (C=O) groups excluding carboxylic acids is 1. The molecule has 1 saturated heterocycles. The average molecular weight is 264 g/mol. The molecule has 0 bridgehead atoms. The highest BCUT2D eigenvalue weighted by molar-refractivity contribution is 5.85. The summed E-state index contributed by atoms with van der Waals surface area (Å²) in [6.07, 6.45) is 0. The molecule has 0 aliphatic carbocycles. The maximum atomic E-state index is 12.3. The lowest BCUT2D eigenvalue weighted by molar-refractivity contribution is 0.102. The molecule has 0 N–H and O–H groups in total. The van der Waals surface area contributed by atoms with Crippen molar-refractivity contribution in [3.63, 3.8) is 0 Å². The fourth-order valence-electron chi connectivity index (χ4n) is 2.20. The molecule has 0 saturated carbocycles. The van der Waals surface area contributed by atoms with E-state index in [-0.39, 0.29) is 30.5 Å². The van der Waals surface area contributed by atoms with Gasteiger partial charge in [-0.05, 0) is 34.7 Å². The van der Waals surface area contributed by atoms with Crippen molar-refractivity contribution in [2.75, 3.05) is 33.2 Å². The van der Waals surface area contributed by atoms with Gasteiger partial charge in [-0.2, -0.15) is 0 Å². The van der Waals surface area contributed by atoms with Gasteiger partial charge in [-0.3, -0.25) is 0 Å². The van der Waals surface area contributed by atoms with Crippen LogP contribution in [-0.4, -0.2) is 66.0 Å². The van der Waals surface area contributed by atoms with Crippen LogP contribution in [0.2, 0.25) is 0 Å². The van der Waals surface area contributed by atoms with Crippen LogP contribution in [-0.2, 0) is 0 Å². The molecule has 0 atom stereocenters. The molecule has 0 aromatic rings. The molecule has 1 heterocycles. The third-order valence-electron chi connectivity index (χ3n) is 3.11. The summed E-state index contributed by atoms with van der Waals surface area (Å²) < 4.78 is 0. The molecule has 0 aromatic heterocycles. The number of amides is 2. The van der Waals surface area contributed by atoms with E-state index in [2.05, 4.69) is 39.6 Å². The first kappa shape index (κ1) is 16.5. The highest BCUT2D eigenvalue weighted by Gasteiger charge is 2.27. The molecule has 1 fully saturated rings. The van der Waals surface area contributed by atoms with E-state index in [0.29, 0.717) is 0 Å². The lowest BCUT2D eigenvalue weighted by atomic mass is 10.2. The van der Waals surface area contributed by atoms with Gasteiger partial charge in [0.25, 0.3) is 0 Å². The summed E-state index contributed by atoms with van der Waals surface area (Å²) in [5.74, 6) is 0. The molecular weight excluding hydrogens is 238 g/mol. The Morgan fingerprint density at radius 3 is 1.76 bits per heavy atom. The van der Waals surface area contributed by atoms with E-state index in [4.69, 9.17) is 0 Å². The van der Waals surface area contributed by atoms with Crippen LogP contribution in [0.15, 0.2) is 0 Å². The van der Waals surface area contributed by atoms with Gasteiger partial charge in [-0.1, -0.05) is 0 Å². The van der Waals surface area contributed by atoms with Gasteiger partial charge in [0.05, 0.1) is 0 Å². The third kappa shape index (κ3) is 4.36. The monoisotopic (exact) mass is 263 g/mol. The lowest BCUT2D eigenvalue weighted by Gasteiger charge is -2.39. The maximum Gasteiger partial charge on any atom is 0.320 e. The summed E-state index contributed by atoms with van der Waals surface area (Å²) in [5.41, 5.74) is 0. The second-order valence-corrected chi connectivity index (χ2v) is 5.17. The number of urea groups is 1. The summed E-state index contributed by atoms with van der Waals surface area (Å²) in [5, 5.41) is 0. The van der Waals surface area contributed by atoms with Gasteiger partial charge < -0.3 is 14.7 Å². The van der Waals surface area contributed by atoms with E-state index in [9.17, 15) is 4.79 Å². The van der Waals surface area contributed by atoms with Crippen LogP contribution in [0.3, 0.4) is 0 Å². The van der Waals surface area contributed by atoms with Crippen molar-refractivity contribution in [3.05, 3.63) is 0 Å². The summed E-state index contributed by atoms with van der Waals surface area (Å²) in [4.78, 5) is 18.5. The van der Waals surface area contributed by atoms with Gasteiger partial charge in [0.2, 0.25) is 0 Å². The Morgan fingerprint density at radius 1 is 1.00 bits per heavy atom. The molecular formula is C12H26ClN3O. The van der Waals surface area contributed by atoms with Crippen molar-refractivity contribution in [2.24, 2.45) is 0 Å². The Bertz CT molecular complexity index is 230. The zero-order chi connectivity index (χ0) is 12.3. The number of likely N-dealkylation sites (N-methyl/N-ethyl adjacent to an activating group) is 1. The largest absolute Gasteiger partial charge is 0.322 e.